The third-order valence-electron chi connectivity index (χ3n) is 3.50. The summed E-state index contributed by atoms with van der Waals surface area (Å²) in [7, 11) is 0. The van der Waals surface area contributed by atoms with Crippen LogP contribution in [0.2, 0.25) is 5.02 Å². The van der Waals surface area contributed by atoms with Gasteiger partial charge in [0.25, 0.3) is 5.91 Å². The van der Waals surface area contributed by atoms with Gasteiger partial charge in [-0.15, -0.1) is 0 Å². The van der Waals surface area contributed by atoms with Gasteiger partial charge < -0.3 is 15.6 Å². The van der Waals surface area contributed by atoms with Crippen molar-refractivity contribution in [1.82, 2.24) is 9.88 Å². The second kappa shape index (κ2) is 4.03. The minimum absolute atomic E-state index is 0.0271. The summed E-state index contributed by atoms with van der Waals surface area (Å²) in [5.41, 5.74) is 6.38. The van der Waals surface area contributed by atoms with E-state index in [1.54, 1.807) is 6.07 Å². The molecule has 0 bridgehead atoms. The zero-order chi connectivity index (χ0) is 12.0. The van der Waals surface area contributed by atoms with E-state index in [-0.39, 0.29) is 18.0 Å². The predicted molar refractivity (Wildman–Crippen MR) is 66.2 cm³/mol. The van der Waals surface area contributed by atoms with Gasteiger partial charge in [-0.05, 0) is 31.7 Å². The van der Waals surface area contributed by atoms with Gasteiger partial charge in [-0.3, -0.25) is 4.79 Å². The van der Waals surface area contributed by atoms with E-state index >= 15 is 0 Å². The first-order valence-electron chi connectivity index (χ1n) is 6.07. The van der Waals surface area contributed by atoms with Gasteiger partial charge in [-0.1, -0.05) is 11.6 Å². The van der Waals surface area contributed by atoms with Crippen LogP contribution in [0, 0.1) is 0 Å². The Bertz CT molecular complexity index is 447. The third-order valence-corrected chi connectivity index (χ3v) is 3.70. The summed E-state index contributed by atoms with van der Waals surface area (Å²) >= 11 is 5.97. The summed E-state index contributed by atoms with van der Waals surface area (Å²) in [6.45, 7) is 0. The Labute approximate surface area is 105 Å². The molecule has 1 amide bonds. The fourth-order valence-electron chi connectivity index (χ4n) is 2.32. The number of halogens is 1. The van der Waals surface area contributed by atoms with Crippen LogP contribution in [0.4, 0.5) is 0 Å². The highest BCUT2D eigenvalue weighted by molar-refractivity contribution is 6.31. The van der Waals surface area contributed by atoms with Crippen LogP contribution in [0.1, 0.15) is 42.2 Å². The summed E-state index contributed by atoms with van der Waals surface area (Å²) in [5.74, 6) is -0.0271. The standard InChI is InChI=1S/C12H16ClN3O/c13-7-3-11(16(6-7)10-1-2-10)12(17)15-9-4-8(14)5-9/h3,6,8-10H,1-2,4-5,14H2,(H,15,17). The zero-order valence-electron chi connectivity index (χ0n) is 9.53. The lowest BCUT2D eigenvalue weighted by molar-refractivity contribution is 0.0900. The first-order chi connectivity index (χ1) is 8.13. The molecule has 2 saturated carbocycles. The lowest BCUT2D eigenvalue weighted by Gasteiger charge is -2.33. The average molecular weight is 254 g/mol. The molecule has 5 heteroatoms. The monoisotopic (exact) mass is 253 g/mol. The van der Waals surface area contributed by atoms with Crippen molar-refractivity contribution in [3.05, 3.63) is 23.0 Å². The van der Waals surface area contributed by atoms with E-state index in [2.05, 4.69) is 5.32 Å². The van der Waals surface area contributed by atoms with Crippen LogP contribution < -0.4 is 11.1 Å². The summed E-state index contributed by atoms with van der Waals surface area (Å²) in [5, 5.41) is 3.63. The largest absolute Gasteiger partial charge is 0.348 e. The molecule has 3 N–H and O–H groups in total. The molecular weight excluding hydrogens is 238 g/mol. The summed E-state index contributed by atoms with van der Waals surface area (Å²) in [6.07, 6.45) is 5.88. The van der Waals surface area contributed by atoms with Crippen LogP contribution in [-0.4, -0.2) is 22.6 Å². The highest BCUT2D eigenvalue weighted by Gasteiger charge is 2.31. The molecule has 2 fully saturated rings. The van der Waals surface area contributed by atoms with Crippen molar-refractivity contribution in [2.24, 2.45) is 5.73 Å². The maximum Gasteiger partial charge on any atom is 0.268 e. The minimum Gasteiger partial charge on any atom is -0.348 e. The number of hydrogen-bond donors (Lipinski definition) is 2. The van der Waals surface area contributed by atoms with Crippen LogP contribution in [0.25, 0.3) is 0 Å². The van der Waals surface area contributed by atoms with Gasteiger partial charge in [0.2, 0.25) is 0 Å². The summed E-state index contributed by atoms with van der Waals surface area (Å²) < 4.78 is 2.00. The van der Waals surface area contributed by atoms with E-state index in [4.69, 9.17) is 17.3 Å². The minimum atomic E-state index is -0.0271. The fraction of sp³-hybridized carbons (Fsp3) is 0.583. The van der Waals surface area contributed by atoms with Crippen LogP contribution in [-0.2, 0) is 0 Å². The molecule has 0 radical (unpaired) electrons. The molecule has 3 rings (SSSR count). The van der Waals surface area contributed by atoms with Gasteiger partial charge in [0.05, 0.1) is 5.02 Å². The Morgan fingerprint density at radius 2 is 2.18 bits per heavy atom. The Morgan fingerprint density at radius 3 is 2.76 bits per heavy atom. The number of hydrogen-bond acceptors (Lipinski definition) is 2. The molecule has 1 aromatic heterocycles. The quantitative estimate of drug-likeness (QED) is 0.861. The number of aromatic nitrogens is 1. The van der Waals surface area contributed by atoms with Gasteiger partial charge in [0.1, 0.15) is 5.69 Å². The van der Waals surface area contributed by atoms with Crippen LogP contribution >= 0.6 is 11.6 Å². The number of nitrogens with two attached hydrogens (primary N) is 1. The smallest absolute Gasteiger partial charge is 0.268 e. The van der Waals surface area contributed by atoms with Crippen molar-refractivity contribution in [2.45, 2.75) is 43.8 Å². The zero-order valence-corrected chi connectivity index (χ0v) is 10.3. The number of carbonyl (C=O) groups excluding carboxylic acids is 1. The number of rotatable bonds is 3. The molecule has 0 aliphatic heterocycles. The first-order valence-corrected chi connectivity index (χ1v) is 6.45. The second-order valence-electron chi connectivity index (χ2n) is 5.08. The molecule has 1 aromatic rings. The van der Waals surface area contributed by atoms with Gasteiger partial charge in [0.15, 0.2) is 0 Å². The molecule has 1 heterocycles. The molecular formula is C12H16ClN3O. The van der Waals surface area contributed by atoms with Crippen molar-refractivity contribution < 1.29 is 4.79 Å². The predicted octanol–water partition coefficient (Wildman–Crippen LogP) is 1.70. The molecule has 0 unspecified atom stereocenters. The topological polar surface area (TPSA) is 60.0 Å². The van der Waals surface area contributed by atoms with E-state index in [1.807, 2.05) is 10.8 Å². The van der Waals surface area contributed by atoms with Crippen molar-refractivity contribution in [3.63, 3.8) is 0 Å². The van der Waals surface area contributed by atoms with Crippen molar-refractivity contribution in [3.8, 4) is 0 Å². The molecule has 0 aromatic carbocycles. The van der Waals surface area contributed by atoms with E-state index < -0.39 is 0 Å². The first kappa shape index (κ1) is 11.1. The van der Waals surface area contributed by atoms with Crippen molar-refractivity contribution in [2.75, 3.05) is 0 Å². The van der Waals surface area contributed by atoms with E-state index in [0.29, 0.717) is 16.8 Å². The summed E-state index contributed by atoms with van der Waals surface area (Å²) in [6, 6.07) is 2.69. The molecule has 4 nitrogen and oxygen atoms in total. The lowest BCUT2D eigenvalue weighted by Crippen LogP contribution is -2.50. The van der Waals surface area contributed by atoms with Crippen LogP contribution in [0.15, 0.2) is 12.3 Å². The Morgan fingerprint density at radius 1 is 1.47 bits per heavy atom. The van der Waals surface area contributed by atoms with Gasteiger partial charge in [-0.2, -0.15) is 0 Å². The Hall–Kier alpha value is -1.00. The van der Waals surface area contributed by atoms with Gasteiger partial charge in [-0.25, -0.2) is 0 Å². The van der Waals surface area contributed by atoms with E-state index in [0.717, 1.165) is 25.7 Å². The fourth-order valence-corrected chi connectivity index (χ4v) is 2.53. The SMILES string of the molecule is NC1CC(NC(=O)c2cc(Cl)cn2C2CC2)C1. The van der Waals surface area contributed by atoms with E-state index in [9.17, 15) is 4.79 Å². The molecule has 2 aliphatic rings. The number of carbonyl (C=O) groups is 1. The average Bonchev–Trinajstić information content (AvgIpc) is 3.00. The summed E-state index contributed by atoms with van der Waals surface area (Å²) in [4.78, 5) is 12.1. The van der Waals surface area contributed by atoms with Crippen molar-refractivity contribution in [1.29, 1.82) is 0 Å². The molecule has 0 atom stereocenters. The van der Waals surface area contributed by atoms with Crippen LogP contribution in [0.3, 0.4) is 0 Å². The number of nitrogens with zero attached hydrogens (tertiary/aromatic N) is 1. The molecule has 0 saturated heterocycles. The van der Waals surface area contributed by atoms with Gasteiger partial charge in [0, 0.05) is 24.3 Å². The molecule has 0 spiro atoms. The second-order valence-corrected chi connectivity index (χ2v) is 5.52. The third kappa shape index (κ3) is 2.19. The number of amides is 1. The Kier molecular flexibility index (Phi) is 2.64. The molecule has 2 aliphatic carbocycles. The number of nitrogens with one attached hydrogen (secondary N) is 1. The highest BCUT2D eigenvalue weighted by Crippen LogP contribution is 2.37. The Balaban J connectivity index is 1.71. The maximum absolute atomic E-state index is 12.1. The maximum atomic E-state index is 12.1. The molecule has 17 heavy (non-hydrogen) atoms. The normalized spacial score (nSPS) is 27.6. The molecule has 92 valence electrons. The lowest BCUT2D eigenvalue weighted by atomic mass is 9.87. The highest BCUT2D eigenvalue weighted by atomic mass is 35.5. The van der Waals surface area contributed by atoms with Crippen LogP contribution in [0.5, 0.6) is 0 Å². The van der Waals surface area contributed by atoms with Gasteiger partial charge >= 0.3 is 0 Å². The van der Waals surface area contributed by atoms with E-state index in [1.165, 1.54) is 0 Å². The van der Waals surface area contributed by atoms with Crippen molar-refractivity contribution >= 4 is 17.5 Å².